The first-order valence-corrected chi connectivity index (χ1v) is 51.2. The lowest BCUT2D eigenvalue weighted by atomic mass is 9.99. The van der Waals surface area contributed by atoms with Crippen LogP contribution >= 0.6 is 136 Å². The Bertz CT molecular complexity index is 6820. The number of hydrogen-bond acceptors (Lipinski definition) is 30. The van der Waals surface area contributed by atoms with E-state index in [0.29, 0.717) is 151 Å². The maximum atomic E-state index is 13.7. The van der Waals surface area contributed by atoms with Crippen molar-refractivity contribution in [2.24, 2.45) is 11.8 Å². The summed E-state index contributed by atoms with van der Waals surface area (Å²) in [5, 5.41) is 14.9. The molecule has 143 heavy (non-hydrogen) atoms. The Balaban J connectivity index is 0.000000157. The zero-order valence-corrected chi connectivity index (χ0v) is 92.0. The van der Waals surface area contributed by atoms with Crippen molar-refractivity contribution in [2.75, 3.05) is 70.5 Å². The molecule has 6 atom stereocenters. The number of allylic oxidation sites excluding steroid dienone is 1. The second kappa shape index (κ2) is 49.0. The quantitative estimate of drug-likeness (QED) is 0.0182. The molecule has 0 spiro atoms. The highest BCUT2D eigenvalue weighted by atomic mass is 127. The van der Waals surface area contributed by atoms with Crippen LogP contribution in [0.4, 0.5) is 27.3 Å². The van der Waals surface area contributed by atoms with Gasteiger partial charge in [0.15, 0.2) is 14.2 Å². The molecule has 8 aromatic carbocycles. The van der Waals surface area contributed by atoms with Gasteiger partial charge in [0.25, 0.3) is 0 Å². The van der Waals surface area contributed by atoms with Gasteiger partial charge in [-0.3, -0.25) is 14.5 Å². The van der Waals surface area contributed by atoms with Gasteiger partial charge >= 0.3 is 35.8 Å². The first-order chi connectivity index (χ1) is 67.7. The Morgan fingerprint density at radius 2 is 0.867 bits per heavy atom. The number of nitrogen functional groups attached to an aromatic ring is 4. The third kappa shape index (κ3) is 26.1. The number of methoxy groups -OCH3 is 6. The van der Waals surface area contributed by atoms with Crippen molar-refractivity contribution < 1.29 is 85.3 Å². The molecule has 4 saturated carbocycles. The summed E-state index contributed by atoms with van der Waals surface area (Å²) in [6, 6.07) is 37.0. The summed E-state index contributed by atoms with van der Waals surface area (Å²) in [6.45, 7) is 22.7. The van der Waals surface area contributed by atoms with E-state index in [1.807, 2.05) is 49.9 Å². The monoisotopic (exact) mass is 2320 g/mol. The van der Waals surface area contributed by atoms with Crippen LogP contribution in [-0.4, -0.2) is 140 Å². The van der Waals surface area contributed by atoms with Crippen molar-refractivity contribution in [3.05, 3.63) is 246 Å². The molecule has 6 aliphatic rings. The molecule has 2 amide bonds. The molecule has 13 aromatic rings. The van der Waals surface area contributed by atoms with Crippen LogP contribution in [0.5, 0.6) is 0 Å². The van der Waals surface area contributed by atoms with Crippen LogP contribution in [0.1, 0.15) is 262 Å². The van der Waals surface area contributed by atoms with Crippen LogP contribution in [0.3, 0.4) is 0 Å². The Labute approximate surface area is 893 Å². The number of hydrogen-bond donors (Lipinski definition) is 5. The first-order valence-electron chi connectivity index (χ1n) is 45.6. The van der Waals surface area contributed by atoms with Crippen LogP contribution in [0.15, 0.2) is 151 Å². The molecule has 4 bridgehead atoms. The predicted octanol–water partition coefficient (Wildman–Crippen LogP) is 25.5. The lowest BCUT2D eigenvalue weighted by Crippen LogP contribution is -2.43. The smallest absolute Gasteiger partial charge is 0.337 e. The number of nitrogens with one attached hydrogen (secondary N) is 1. The summed E-state index contributed by atoms with van der Waals surface area (Å²) in [5.41, 5.74) is 40.5. The third-order valence-electron chi connectivity index (χ3n) is 24.8. The number of amides is 2. The van der Waals surface area contributed by atoms with Crippen molar-refractivity contribution in [2.45, 2.75) is 187 Å². The van der Waals surface area contributed by atoms with E-state index in [9.17, 15) is 38.4 Å². The summed E-state index contributed by atoms with van der Waals surface area (Å²) in [5.74, 6) is 1.19. The van der Waals surface area contributed by atoms with E-state index in [2.05, 4.69) is 120 Å². The molecule has 29 nitrogen and oxygen atoms in total. The number of carbonyl (C=O) groups is 8. The molecule has 7 heterocycles. The molecule has 39 heteroatoms. The first kappa shape index (κ1) is 111. The van der Waals surface area contributed by atoms with Gasteiger partial charge in [0.05, 0.1) is 164 Å². The maximum Gasteiger partial charge on any atom is 0.337 e. The average Bonchev–Trinajstić information content (AvgIpc) is 1.58. The van der Waals surface area contributed by atoms with Gasteiger partial charge in [0.1, 0.15) is 22.9 Å². The van der Waals surface area contributed by atoms with E-state index >= 15 is 0 Å². The summed E-state index contributed by atoms with van der Waals surface area (Å²) >= 11 is 36.7. The number of aromatic nitrogens is 5. The summed E-state index contributed by atoms with van der Waals surface area (Å²) in [4.78, 5) is 110. The molecule has 9 N–H and O–H groups in total. The van der Waals surface area contributed by atoms with Gasteiger partial charge in [-0.15, -0.1) is 35.3 Å². The molecule has 4 aliphatic carbocycles. The molecule has 2 saturated heterocycles. The molecule has 5 aromatic heterocycles. The fraction of sp³-hybridized carbons (Fsp3) is 0.356. The summed E-state index contributed by atoms with van der Waals surface area (Å²) < 4.78 is 56.6. The highest BCUT2D eigenvalue weighted by Gasteiger charge is 2.53. The number of piperidine rings is 2. The van der Waals surface area contributed by atoms with E-state index in [1.54, 1.807) is 103 Å². The Hall–Kier alpha value is -10.7. The zero-order chi connectivity index (χ0) is 103. The van der Waals surface area contributed by atoms with Gasteiger partial charge in [-0.1, -0.05) is 153 Å². The lowest BCUT2D eigenvalue weighted by Gasteiger charge is -2.29. The topological polar surface area (TPSA) is 420 Å². The van der Waals surface area contributed by atoms with E-state index in [4.69, 9.17) is 107 Å². The number of ether oxygens (including phenoxy) is 8. The Kier molecular flexibility index (Phi) is 38.1. The summed E-state index contributed by atoms with van der Waals surface area (Å²) in [6.07, 6.45) is 7.15. The van der Waals surface area contributed by atoms with Gasteiger partial charge in [-0.25, -0.2) is 43.7 Å². The van der Waals surface area contributed by atoms with E-state index < -0.39 is 0 Å². The minimum Gasteiger partial charge on any atom is -0.465 e. The van der Waals surface area contributed by atoms with Gasteiger partial charge in [0.2, 0.25) is 11.8 Å². The predicted molar refractivity (Wildman–Crippen MR) is 579 cm³/mol. The van der Waals surface area contributed by atoms with E-state index in [1.165, 1.54) is 76.7 Å². The van der Waals surface area contributed by atoms with Crippen molar-refractivity contribution in [1.29, 1.82) is 0 Å². The minimum atomic E-state index is -0.386. The number of benzene rings is 8. The summed E-state index contributed by atoms with van der Waals surface area (Å²) in [7, 11) is 8.20. The SMILES string of the molecule is C=C(C)c1cc(C(=O)OC)ccc1N.COC(=O)c1cc(C(C)C)c2nc(Br)sc2c1.COC(=O)c1cc(C(C)C)c2nc(N)sc2c1.COC(=O)c1cc(C(C)C)c2nc(N3C(=O)[C@@H]4C[C@H]3C[C@H]4OCc3c(-c4c(Cl)cccc4Cl)noc3C3CC3)sc2c1.COC(=O)c1ccc(N)c(Br)c1.COC(=O)c1ccc(N)c(C(C)C)c1.I.O=C1N[C@@H]2C[C@@H](OCc3c(-c4c(Cl)cccc4Cl)noc3C3CC3)[C@H]1C2. The fourth-order valence-corrected chi connectivity index (χ4v) is 22.1. The van der Waals surface area contributed by atoms with E-state index in [0.717, 1.165) is 129 Å². The number of halogens is 7. The van der Waals surface area contributed by atoms with Crippen molar-refractivity contribution in [3.63, 3.8) is 0 Å². The molecule has 756 valence electrons. The van der Waals surface area contributed by atoms with Crippen LogP contribution in [0.25, 0.3) is 58.7 Å². The largest absolute Gasteiger partial charge is 0.465 e. The van der Waals surface area contributed by atoms with Crippen LogP contribution in [0, 0.1) is 11.8 Å². The second-order valence-corrected chi connectivity index (χ2v) is 42.8. The third-order valence-corrected chi connectivity index (χ3v) is 30.0. The van der Waals surface area contributed by atoms with Crippen molar-refractivity contribution >= 4 is 247 Å². The van der Waals surface area contributed by atoms with Crippen LogP contribution < -0.4 is 33.2 Å². The van der Waals surface area contributed by atoms with Gasteiger partial charge in [-0.05, 0) is 257 Å². The van der Waals surface area contributed by atoms with Crippen molar-refractivity contribution in [1.82, 2.24) is 30.6 Å². The number of nitrogens with zero attached hydrogens (tertiary/aromatic N) is 6. The van der Waals surface area contributed by atoms with Crippen molar-refractivity contribution in [3.8, 4) is 22.5 Å². The number of anilines is 5. The molecule has 0 radical (unpaired) electrons. The molecular formula is C104H110Br2Cl4IN11O18S3. The molecule has 0 unspecified atom stereocenters. The molecule has 6 fully saturated rings. The number of esters is 6. The Morgan fingerprint density at radius 1 is 0.476 bits per heavy atom. The fourth-order valence-electron chi connectivity index (χ4n) is 17.1. The zero-order valence-electron chi connectivity index (χ0n) is 81.1. The molecular weight excluding hydrogens is 2220 g/mol. The number of thiazole rings is 3. The number of carbonyl (C=O) groups excluding carboxylic acids is 8. The number of fused-ring (bicyclic) bond motifs is 7. The highest BCUT2D eigenvalue weighted by molar-refractivity contribution is 14.0. The maximum absolute atomic E-state index is 13.7. The second-order valence-electron chi connectivity index (χ2n) is 35.9. The average molecular weight is 2330 g/mol. The lowest BCUT2D eigenvalue weighted by molar-refractivity contribution is -0.129. The normalized spacial score (nSPS) is 16.7. The molecule has 19 rings (SSSR count). The van der Waals surface area contributed by atoms with Gasteiger partial charge < -0.3 is 75.2 Å². The molecule has 2 aliphatic heterocycles. The van der Waals surface area contributed by atoms with Gasteiger partial charge in [0, 0.05) is 73.3 Å². The van der Waals surface area contributed by atoms with Crippen LogP contribution in [-0.2, 0) is 60.7 Å². The number of rotatable bonds is 22. The van der Waals surface area contributed by atoms with Crippen LogP contribution in [0.2, 0.25) is 20.1 Å². The Morgan fingerprint density at radius 3 is 1.28 bits per heavy atom. The highest BCUT2D eigenvalue weighted by Crippen LogP contribution is 2.52. The van der Waals surface area contributed by atoms with Gasteiger partial charge in [-0.2, -0.15) is 0 Å². The standard InChI is InChI=1S/C31H29Cl2N3O5S.C19H18Cl2N2O3.C12H12BrNO2S.C12H14N2O2S.C11H15NO2.C11H13NO2.C8H8BrNO2.HI/c1-14(2)18-9-16(30(38)39-3)10-24-26(18)34-31(42-24)36-17-11-19(29(36)37)23(12-17)40-13-20-27(35-41-28(20)15-7-8-15)25-21(32)5-4-6-22(25)33;20-13-2-1-3-14(21)16(13)17-12(18(26-23-17)9-4-5-9)8-25-15-7-10-6-11(15)19(24)22-10;2*1-6(2)8-4-7(11(15)16-3)5-9-10(8)14-12(13)17-9;2*1-7(2)9-6-8(11(13)14-3)4-5-10(9)12;1-12-8(11)5-2-3-7(10)6(9)4-5;/h4-6,9-10,14-15,17,19,23H,7-8,11-13H2,1-3H3;1-3,9-11,15H,4-8H2,(H,22,24);4-6H,1-3H3;4-6H,1-3H3,(H2,13,14);4-7H,12H2,1-3H3;4-6H,1,12H2,2-3H3;2-4H,10H2,1H3;1H/t17-,19+,23+;10-,11+,15+;;;;;;/m00....../s1. The number of nitrogens with two attached hydrogens (primary N) is 4. The van der Waals surface area contributed by atoms with E-state index in [-0.39, 0.29) is 126 Å². The minimum absolute atomic E-state index is 0.